The molecule has 0 saturated heterocycles. The number of nitrogens with zero attached hydrogens (tertiary/aromatic N) is 5. The largest absolute Gasteiger partial charge is 0.377 e. The zero-order chi connectivity index (χ0) is 21.6. The topological polar surface area (TPSA) is 121 Å². The first kappa shape index (κ1) is 23.5. The van der Waals surface area contributed by atoms with E-state index in [4.69, 9.17) is 21.1 Å². The van der Waals surface area contributed by atoms with E-state index in [1.165, 1.54) is 26.4 Å². The summed E-state index contributed by atoms with van der Waals surface area (Å²) < 4.78 is 41.0. The van der Waals surface area contributed by atoms with E-state index in [1.54, 1.807) is 11.7 Å². The fourth-order valence-electron chi connectivity index (χ4n) is 3.02. The molecule has 12 heteroatoms. The molecular formula is C17H27ClN6O4S. The number of aromatic nitrogens is 5. The van der Waals surface area contributed by atoms with Crippen LogP contribution in [-0.4, -0.2) is 52.6 Å². The van der Waals surface area contributed by atoms with Crippen molar-refractivity contribution in [1.29, 1.82) is 0 Å². The molecule has 0 aliphatic rings. The maximum Gasteiger partial charge on any atom is 0.240 e. The van der Waals surface area contributed by atoms with Crippen LogP contribution in [0.1, 0.15) is 57.4 Å². The van der Waals surface area contributed by atoms with Gasteiger partial charge in [0.05, 0.1) is 5.02 Å². The molecule has 0 unspecified atom stereocenters. The molecule has 0 saturated carbocycles. The monoisotopic (exact) mass is 446 g/mol. The van der Waals surface area contributed by atoms with Crippen molar-refractivity contribution in [2.24, 2.45) is 0 Å². The Hall–Kier alpha value is -1.82. The van der Waals surface area contributed by atoms with E-state index in [0.717, 1.165) is 12.8 Å². The fraction of sp³-hybridized carbons (Fsp3) is 0.647. The molecule has 2 rings (SSSR count). The van der Waals surface area contributed by atoms with Gasteiger partial charge >= 0.3 is 0 Å². The van der Waals surface area contributed by atoms with Gasteiger partial charge < -0.3 is 9.47 Å². The van der Waals surface area contributed by atoms with Gasteiger partial charge in [-0.1, -0.05) is 25.4 Å². The van der Waals surface area contributed by atoms with Gasteiger partial charge in [-0.3, -0.25) is 9.29 Å². The van der Waals surface area contributed by atoms with Crippen molar-refractivity contribution in [3.8, 4) is 0 Å². The quantitative estimate of drug-likeness (QED) is 0.559. The van der Waals surface area contributed by atoms with E-state index in [2.05, 4.69) is 24.9 Å². The third-order valence-corrected chi connectivity index (χ3v) is 6.53. The number of hydrogen-bond donors (Lipinski definition) is 1. The molecule has 0 amide bonds. The van der Waals surface area contributed by atoms with E-state index >= 15 is 0 Å². The molecule has 2 atom stereocenters. The lowest BCUT2D eigenvalue weighted by Gasteiger charge is -2.23. The van der Waals surface area contributed by atoms with Crippen LogP contribution in [0.5, 0.6) is 0 Å². The second-order valence-electron chi connectivity index (χ2n) is 6.48. The van der Waals surface area contributed by atoms with Crippen LogP contribution >= 0.6 is 11.6 Å². The summed E-state index contributed by atoms with van der Waals surface area (Å²) >= 11 is 5.81. The minimum Gasteiger partial charge on any atom is -0.377 e. The number of methoxy groups -OCH3 is 2. The predicted octanol–water partition coefficient (Wildman–Crippen LogP) is 2.75. The summed E-state index contributed by atoms with van der Waals surface area (Å²) in [6, 6.07) is 0.0287. The number of ether oxygens (including phenoxy) is 2. The Balaban J connectivity index is 2.35. The third-order valence-electron chi connectivity index (χ3n) is 4.65. The van der Waals surface area contributed by atoms with Gasteiger partial charge in [0, 0.05) is 32.7 Å². The predicted molar refractivity (Wildman–Crippen MR) is 109 cm³/mol. The zero-order valence-electron chi connectivity index (χ0n) is 17.2. The molecule has 29 heavy (non-hydrogen) atoms. The van der Waals surface area contributed by atoms with Crippen LogP contribution in [0.2, 0.25) is 5.02 Å². The highest BCUT2D eigenvalue weighted by Gasteiger charge is 2.34. The SMILES string of the molecule is CCC(CC)n1c(COC)nnc1NS(=O)(=O)[C@@H](C)[C@H](OC)c1ncc(Cl)cn1. The summed E-state index contributed by atoms with van der Waals surface area (Å²) in [6.07, 6.45) is 3.46. The van der Waals surface area contributed by atoms with Crippen molar-refractivity contribution in [2.45, 2.75) is 57.6 Å². The minimum atomic E-state index is -3.91. The van der Waals surface area contributed by atoms with Gasteiger partial charge in [0.15, 0.2) is 11.6 Å². The molecule has 2 aromatic rings. The normalized spacial score (nSPS) is 14.2. The Labute approximate surface area is 176 Å². The first-order valence-corrected chi connectivity index (χ1v) is 11.2. The standard InChI is InChI=1S/C17H27ClN6O4S/c1-6-13(7-2)24-14(10-27-4)21-22-17(24)23-29(25,26)11(3)15(28-5)16-19-8-12(18)9-20-16/h8-9,11,13,15H,6-7,10H2,1-5H3,(H,22,23)/t11-,15-/m0/s1. The van der Waals surface area contributed by atoms with E-state index in [9.17, 15) is 8.42 Å². The Morgan fingerprint density at radius 2 is 1.79 bits per heavy atom. The van der Waals surface area contributed by atoms with Crippen LogP contribution < -0.4 is 4.72 Å². The van der Waals surface area contributed by atoms with E-state index in [-0.39, 0.29) is 24.4 Å². The molecule has 0 fully saturated rings. The van der Waals surface area contributed by atoms with Gasteiger partial charge in [0.25, 0.3) is 0 Å². The zero-order valence-corrected chi connectivity index (χ0v) is 18.7. The Morgan fingerprint density at radius 3 is 2.31 bits per heavy atom. The van der Waals surface area contributed by atoms with Gasteiger partial charge in [-0.05, 0) is 19.8 Å². The molecular weight excluding hydrogens is 420 g/mol. The summed E-state index contributed by atoms with van der Waals surface area (Å²) in [4.78, 5) is 8.16. The first-order chi connectivity index (χ1) is 13.8. The van der Waals surface area contributed by atoms with E-state index < -0.39 is 21.4 Å². The highest BCUT2D eigenvalue weighted by atomic mass is 35.5. The Kier molecular flexibility index (Phi) is 8.32. The lowest BCUT2D eigenvalue weighted by atomic mass is 10.1. The summed E-state index contributed by atoms with van der Waals surface area (Å²) in [5.74, 6) is 0.914. The van der Waals surface area contributed by atoms with Gasteiger partial charge in [0.2, 0.25) is 16.0 Å². The maximum atomic E-state index is 13.1. The molecule has 2 heterocycles. The van der Waals surface area contributed by atoms with Crippen molar-refractivity contribution in [1.82, 2.24) is 24.7 Å². The Morgan fingerprint density at radius 1 is 1.17 bits per heavy atom. The number of rotatable bonds is 11. The number of nitrogens with one attached hydrogen (secondary N) is 1. The third kappa shape index (κ3) is 5.41. The fourth-order valence-corrected chi connectivity index (χ4v) is 4.25. The lowest BCUT2D eigenvalue weighted by molar-refractivity contribution is 0.0950. The highest BCUT2D eigenvalue weighted by molar-refractivity contribution is 7.93. The van der Waals surface area contributed by atoms with Crippen LogP contribution in [0.15, 0.2) is 12.4 Å². The minimum absolute atomic E-state index is 0.0287. The van der Waals surface area contributed by atoms with Gasteiger partial charge in [-0.25, -0.2) is 18.4 Å². The summed E-state index contributed by atoms with van der Waals surface area (Å²) in [7, 11) is -0.960. The molecule has 0 aliphatic heterocycles. The van der Waals surface area contributed by atoms with Crippen molar-refractivity contribution in [2.75, 3.05) is 18.9 Å². The van der Waals surface area contributed by atoms with Crippen LogP contribution in [0.3, 0.4) is 0 Å². The molecule has 1 N–H and O–H groups in total. The second-order valence-corrected chi connectivity index (χ2v) is 8.96. The molecule has 0 aromatic carbocycles. The second kappa shape index (κ2) is 10.3. The summed E-state index contributed by atoms with van der Waals surface area (Å²) in [6.45, 7) is 5.78. The van der Waals surface area contributed by atoms with Gasteiger partial charge in [-0.15, -0.1) is 10.2 Å². The molecule has 162 valence electrons. The van der Waals surface area contributed by atoms with Crippen molar-refractivity contribution < 1.29 is 17.9 Å². The van der Waals surface area contributed by atoms with Crippen LogP contribution in [0.25, 0.3) is 0 Å². The summed E-state index contributed by atoms with van der Waals surface area (Å²) in [5.41, 5.74) is 0. The molecule has 0 bridgehead atoms. The van der Waals surface area contributed by atoms with Gasteiger partial charge in [-0.2, -0.15) is 0 Å². The first-order valence-electron chi connectivity index (χ1n) is 9.23. The van der Waals surface area contributed by atoms with Crippen LogP contribution in [0.4, 0.5) is 5.95 Å². The average Bonchev–Trinajstić information content (AvgIpc) is 3.07. The van der Waals surface area contributed by atoms with Crippen molar-refractivity contribution >= 4 is 27.6 Å². The molecule has 10 nitrogen and oxygen atoms in total. The number of sulfonamides is 1. The van der Waals surface area contributed by atoms with E-state index in [0.29, 0.717) is 10.8 Å². The van der Waals surface area contributed by atoms with Crippen LogP contribution in [-0.2, 0) is 26.1 Å². The molecule has 0 aliphatic carbocycles. The molecule has 0 radical (unpaired) electrons. The van der Waals surface area contributed by atoms with Crippen molar-refractivity contribution in [3.05, 3.63) is 29.1 Å². The van der Waals surface area contributed by atoms with Crippen LogP contribution in [0, 0.1) is 0 Å². The summed E-state index contributed by atoms with van der Waals surface area (Å²) in [5, 5.41) is 7.47. The maximum absolute atomic E-state index is 13.1. The average molecular weight is 447 g/mol. The smallest absolute Gasteiger partial charge is 0.240 e. The molecule has 2 aromatic heterocycles. The number of anilines is 1. The Bertz CT molecular complexity index is 886. The van der Waals surface area contributed by atoms with E-state index in [1.807, 2.05) is 13.8 Å². The van der Waals surface area contributed by atoms with Crippen molar-refractivity contribution in [3.63, 3.8) is 0 Å². The molecule has 0 spiro atoms. The van der Waals surface area contributed by atoms with Gasteiger partial charge in [0.1, 0.15) is 18.0 Å². The lowest BCUT2D eigenvalue weighted by Crippen LogP contribution is -2.34. The highest BCUT2D eigenvalue weighted by Crippen LogP contribution is 2.27. The number of halogens is 1. The number of hydrogen-bond acceptors (Lipinski definition) is 8.